The Morgan fingerprint density at radius 3 is 2.68 bits per heavy atom. The van der Waals surface area contributed by atoms with Crippen molar-refractivity contribution in [2.24, 2.45) is 0 Å². The Bertz CT molecular complexity index is 706. The van der Waals surface area contributed by atoms with E-state index in [9.17, 15) is 9.18 Å². The van der Waals surface area contributed by atoms with E-state index >= 15 is 0 Å². The van der Waals surface area contributed by atoms with Crippen LogP contribution in [-0.2, 0) is 0 Å². The number of aromatic nitrogens is 6. The molecule has 0 aliphatic heterocycles. The highest BCUT2D eigenvalue weighted by Gasteiger charge is 2.18. The van der Waals surface area contributed by atoms with Gasteiger partial charge < -0.3 is 0 Å². The van der Waals surface area contributed by atoms with Crippen molar-refractivity contribution in [1.29, 1.82) is 0 Å². The molecule has 19 heavy (non-hydrogen) atoms. The molecule has 0 saturated heterocycles. The first-order valence-corrected chi connectivity index (χ1v) is 5.33. The second-order valence-corrected chi connectivity index (χ2v) is 3.60. The van der Waals surface area contributed by atoms with Gasteiger partial charge in [-0.2, -0.15) is 19.2 Å². The quantitative estimate of drug-likeness (QED) is 0.655. The smallest absolute Gasteiger partial charge is 0.243 e. The zero-order valence-electron chi connectivity index (χ0n) is 9.51. The first-order valence-electron chi connectivity index (χ1n) is 5.33. The van der Waals surface area contributed by atoms with Crippen molar-refractivity contribution in [1.82, 2.24) is 29.5 Å². The van der Waals surface area contributed by atoms with Crippen molar-refractivity contribution >= 4 is 6.03 Å². The molecular weight excluding hydrogens is 251 g/mol. The van der Waals surface area contributed by atoms with Gasteiger partial charge in [0.2, 0.25) is 0 Å². The molecule has 3 rings (SSSR count). The Labute approximate surface area is 106 Å². The van der Waals surface area contributed by atoms with Crippen LogP contribution in [0.3, 0.4) is 0 Å². The molecule has 0 radical (unpaired) electrons. The number of carbonyl (C=O) groups excluding carboxylic acids is 1. The minimum Gasteiger partial charge on any atom is -0.243 e. The van der Waals surface area contributed by atoms with Gasteiger partial charge in [0.25, 0.3) is 0 Å². The van der Waals surface area contributed by atoms with Gasteiger partial charge in [-0.15, -0.1) is 9.78 Å². The van der Waals surface area contributed by atoms with Crippen LogP contribution in [0.4, 0.5) is 9.18 Å². The van der Waals surface area contributed by atoms with Crippen molar-refractivity contribution in [3.05, 3.63) is 49.1 Å². The van der Waals surface area contributed by atoms with Gasteiger partial charge in [-0.3, -0.25) is 0 Å². The van der Waals surface area contributed by atoms with Gasteiger partial charge in [0.15, 0.2) is 5.82 Å². The molecule has 0 fully saturated rings. The first kappa shape index (κ1) is 11.2. The van der Waals surface area contributed by atoms with Crippen LogP contribution in [0.2, 0.25) is 0 Å². The molecule has 8 heteroatoms. The lowest BCUT2D eigenvalue weighted by Gasteiger charge is -1.97. The Kier molecular flexibility index (Phi) is 2.60. The lowest BCUT2D eigenvalue weighted by molar-refractivity contribution is 0.233. The zero-order valence-corrected chi connectivity index (χ0v) is 9.51. The molecule has 0 saturated carbocycles. The maximum atomic E-state index is 13.6. The highest BCUT2D eigenvalue weighted by molar-refractivity contribution is 5.77. The van der Waals surface area contributed by atoms with Crippen molar-refractivity contribution in [3.63, 3.8) is 0 Å². The van der Waals surface area contributed by atoms with Crippen LogP contribution in [0, 0.1) is 6.08 Å². The van der Waals surface area contributed by atoms with Crippen LogP contribution in [0.25, 0.3) is 11.4 Å². The fourth-order valence-corrected chi connectivity index (χ4v) is 1.53. The number of hydrogen-bond donors (Lipinski definition) is 0. The Hall–Kier alpha value is -2.90. The number of carbonyl (C=O) groups is 1. The molecule has 0 unspecified atom stereocenters. The van der Waals surface area contributed by atoms with E-state index in [1.54, 1.807) is 24.3 Å². The summed E-state index contributed by atoms with van der Waals surface area (Å²) in [7, 11) is 0. The van der Waals surface area contributed by atoms with Crippen molar-refractivity contribution in [2.45, 2.75) is 0 Å². The molecule has 7 nitrogen and oxygen atoms in total. The van der Waals surface area contributed by atoms with Crippen LogP contribution in [0.15, 0.2) is 43.0 Å². The summed E-state index contributed by atoms with van der Waals surface area (Å²) in [5.74, 6) is 0.131. The van der Waals surface area contributed by atoms with E-state index in [0.717, 1.165) is 11.0 Å². The van der Waals surface area contributed by atoms with E-state index < -0.39 is 12.1 Å². The summed E-state index contributed by atoms with van der Waals surface area (Å²) in [5, 5.41) is 7.44. The van der Waals surface area contributed by atoms with Crippen LogP contribution < -0.4 is 0 Å². The standard InChI is InChI=1S/C11H7FN6O/c12-10-15-9(8-4-2-1-3-5-8)16-18(10)11(19)17-7-13-6-14-17/h1-7H. The Morgan fingerprint density at radius 2 is 2.00 bits per heavy atom. The largest absolute Gasteiger partial charge is 0.374 e. The van der Waals surface area contributed by atoms with Crippen molar-refractivity contribution < 1.29 is 9.18 Å². The van der Waals surface area contributed by atoms with Gasteiger partial charge in [-0.05, 0) is 0 Å². The van der Waals surface area contributed by atoms with Gasteiger partial charge in [-0.25, -0.2) is 9.78 Å². The molecule has 3 aromatic rings. The summed E-state index contributed by atoms with van der Waals surface area (Å²) >= 11 is 0. The van der Waals surface area contributed by atoms with E-state index in [2.05, 4.69) is 20.2 Å². The minimum absolute atomic E-state index is 0.131. The third kappa shape index (κ3) is 1.99. The van der Waals surface area contributed by atoms with Gasteiger partial charge in [0, 0.05) is 5.56 Å². The third-order valence-corrected chi connectivity index (χ3v) is 2.40. The van der Waals surface area contributed by atoms with Crippen LogP contribution >= 0.6 is 0 Å². The van der Waals surface area contributed by atoms with Crippen LogP contribution in [0.1, 0.15) is 0 Å². The average Bonchev–Trinajstić information content (AvgIpc) is 3.08. The fraction of sp³-hybridized carbons (Fsp3) is 0. The van der Waals surface area contributed by atoms with Crippen molar-refractivity contribution in [3.8, 4) is 11.4 Å². The van der Waals surface area contributed by atoms with Gasteiger partial charge in [0.1, 0.15) is 12.7 Å². The summed E-state index contributed by atoms with van der Waals surface area (Å²) in [5.41, 5.74) is 0.617. The lowest BCUT2D eigenvalue weighted by atomic mass is 10.2. The van der Waals surface area contributed by atoms with Crippen LogP contribution in [-0.4, -0.2) is 35.6 Å². The topological polar surface area (TPSA) is 78.5 Å². The molecule has 0 bridgehead atoms. The Morgan fingerprint density at radius 1 is 1.21 bits per heavy atom. The highest BCUT2D eigenvalue weighted by Crippen LogP contribution is 2.14. The molecule has 0 aliphatic rings. The van der Waals surface area contributed by atoms with E-state index in [4.69, 9.17) is 0 Å². The minimum atomic E-state index is -1.00. The molecule has 2 aromatic heterocycles. The summed E-state index contributed by atoms with van der Waals surface area (Å²) in [6.07, 6.45) is 1.33. The molecular formula is C11H7FN6O. The molecule has 1 aromatic carbocycles. The second-order valence-electron chi connectivity index (χ2n) is 3.60. The maximum absolute atomic E-state index is 13.6. The summed E-state index contributed by atoms with van der Waals surface area (Å²) in [6.45, 7) is 0. The summed E-state index contributed by atoms with van der Waals surface area (Å²) in [4.78, 5) is 19.1. The zero-order chi connectivity index (χ0) is 13.2. The molecule has 94 valence electrons. The second kappa shape index (κ2) is 4.41. The average molecular weight is 258 g/mol. The normalized spacial score (nSPS) is 10.6. The van der Waals surface area contributed by atoms with Crippen molar-refractivity contribution in [2.75, 3.05) is 0 Å². The third-order valence-electron chi connectivity index (χ3n) is 2.40. The summed E-state index contributed by atoms with van der Waals surface area (Å²) in [6, 6.07) is 8.01. The summed E-state index contributed by atoms with van der Waals surface area (Å²) < 4.78 is 15.1. The molecule has 0 amide bonds. The fourth-order valence-electron chi connectivity index (χ4n) is 1.53. The number of halogens is 1. The predicted molar refractivity (Wildman–Crippen MR) is 61.6 cm³/mol. The van der Waals surface area contributed by atoms with E-state index in [-0.39, 0.29) is 5.82 Å². The van der Waals surface area contributed by atoms with Gasteiger partial charge in [0.05, 0.1) is 0 Å². The van der Waals surface area contributed by atoms with Crippen LogP contribution in [0.5, 0.6) is 0 Å². The van der Waals surface area contributed by atoms with E-state index in [1.807, 2.05) is 6.07 Å². The highest BCUT2D eigenvalue weighted by atomic mass is 19.1. The number of benzene rings is 1. The predicted octanol–water partition coefficient (Wildman–Crippen LogP) is 1.19. The molecule has 0 aliphatic carbocycles. The maximum Gasteiger partial charge on any atom is 0.374 e. The number of hydrogen-bond acceptors (Lipinski definition) is 5. The SMILES string of the molecule is O=C(n1cncn1)n1nc(-c2ccccc2)nc1F. The first-order chi connectivity index (χ1) is 9.25. The Balaban J connectivity index is 2.01. The van der Waals surface area contributed by atoms with Gasteiger partial charge >= 0.3 is 12.1 Å². The molecule has 2 heterocycles. The van der Waals surface area contributed by atoms with E-state index in [1.165, 1.54) is 6.33 Å². The molecule has 0 atom stereocenters. The number of nitrogens with zero attached hydrogens (tertiary/aromatic N) is 6. The van der Waals surface area contributed by atoms with Gasteiger partial charge in [-0.1, -0.05) is 30.3 Å². The molecule has 0 spiro atoms. The number of rotatable bonds is 1. The monoisotopic (exact) mass is 258 g/mol. The van der Waals surface area contributed by atoms with E-state index in [0.29, 0.717) is 10.2 Å². The lowest BCUT2D eigenvalue weighted by Crippen LogP contribution is -2.22. The molecule has 0 N–H and O–H groups in total.